The Kier molecular flexibility index (Phi) is 4.41. The molecule has 0 radical (unpaired) electrons. The molecule has 4 aliphatic carbocycles. The molecule has 30 heavy (non-hydrogen) atoms. The second-order valence-corrected chi connectivity index (χ2v) is 10.1. The number of nitrogens with zero attached hydrogens (tertiary/aromatic N) is 6. The molecule has 7 nitrogen and oxygen atoms in total. The molecule has 5 fully saturated rings. The largest absolute Gasteiger partial charge is 0.340 e. The van der Waals surface area contributed by atoms with Crippen molar-refractivity contribution >= 4 is 5.91 Å². The van der Waals surface area contributed by atoms with Gasteiger partial charge in [-0.3, -0.25) is 9.69 Å². The minimum Gasteiger partial charge on any atom is -0.340 e. The highest BCUT2D eigenvalue weighted by atomic mass is 16.2. The lowest BCUT2D eigenvalue weighted by molar-refractivity contribution is -0.159. The number of carbonyl (C=O) groups is 1. The number of rotatable bonds is 4. The quantitative estimate of drug-likeness (QED) is 0.781. The first-order valence-electron chi connectivity index (χ1n) is 11.5. The van der Waals surface area contributed by atoms with Crippen molar-refractivity contribution < 1.29 is 4.79 Å². The molecule has 1 amide bonds. The maximum Gasteiger partial charge on any atom is 0.228 e. The van der Waals surface area contributed by atoms with Crippen molar-refractivity contribution in [3.8, 4) is 5.69 Å². The van der Waals surface area contributed by atoms with Gasteiger partial charge in [0.2, 0.25) is 5.91 Å². The Morgan fingerprint density at radius 3 is 2.20 bits per heavy atom. The van der Waals surface area contributed by atoms with E-state index in [4.69, 9.17) is 0 Å². The number of hydrogen-bond acceptors (Lipinski definition) is 5. The predicted octanol–water partition coefficient (Wildman–Crippen LogP) is 2.52. The van der Waals surface area contributed by atoms with Crippen molar-refractivity contribution in [2.45, 2.75) is 45.1 Å². The van der Waals surface area contributed by atoms with Crippen molar-refractivity contribution in [1.29, 1.82) is 0 Å². The predicted molar refractivity (Wildman–Crippen MR) is 112 cm³/mol. The summed E-state index contributed by atoms with van der Waals surface area (Å²) < 4.78 is 1.81. The Morgan fingerprint density at radius 1 is 0.933 bits per heavy atom. The molecule has 158 valence electrons. The van der Waals surface area contributed by atoms with Crippen LogP contribution in [0.3, 0.4) is 0 Å². The van der Waals surface area contributed by atoms with E-state index in [9.17, 15) is 4.79 Å². The summed E-state index contributed by atoms with van der Waals surface area (Å²) in [5.74, 6) is 3.77. The summed E-state index contributed by atoms with van der Waals surface area (Å²) in [5, 5.41) is 12.3. The fourth-order valence-corrected chi connectivity index (χ4v) is 7.09. The summed E-state index contributed by atoms with van der Waals surface area (Å²) in [7, 11) is 0. The van der Waals surface area contributed by atoms with Crippen LogP contribution in [0.4, 0.5) is 0 Å². The van der Waals surface area contributed by atoms with Crippen LogP contribution in [0.2, 0.25) is 0 Å². The lowest BCUT2D eigenvalue weighted by Gasteiger charge is -2.57. The summed E-state index contributed by atoms with van der Waals surface area (Å²) in [6, 6.07) is 10.0. The Bertz CT molecular complexity index is 882. The van der Waals surface area contributed by atoms with E-state index in [1.165, 1.54) is 19.3 Å². The van der Waals surface area contributed by atoms with Gasteiger partial charge in [-0.05, 0) is 78.8 Å². The van der Waals surface area contributed by atoms with Gasteiger partial charge in [0.15, 0.2) is 5.82 Å². The van der Waals surface area contributed by atoms with Gasteiger partial charge in [-0.1, -0.05) is 18.2 Å². The van der Waals surface area contributed by atoms with E-state index in [2.05, 4.69) is 25.3 Å². The van der Waals surface area contributed by atoms with Gasteiger partial charge in [0, 0.05) is 26.2 Å². The zero-order valence-electron chi connectivity index (χ0n) is 17.5. The highest BCUT2D eigenvalue weighted by molar-refractivity contribution is 5.83. The molecule has 1 aromatic carbocycles. The van der Waals surface area contributed by atoms with Crippen LogP contribution in [0.15, 0.2) is 30.3 Å². The molecular formula is C23H30N6O. The second-order valence-electron chi connectivity index (χ2n) is 10.1. The number of amides is 1. The van der Waals surface area contributed by atoms with E-state index in [0.717, 1.165) is 74.7 Å². The Morgan fingerprint density at radius 2 is 1.57 bits per heavy atom. The summed E-state index contributed by atoms with van der Waals surface area (Å²) in [6.45, 7) is 4.14. The third-order valence-electron chi connectivity index (χ3n) is 8.05. The number of piperazine rings is 1. The van der Waals surface area contributed by atoms with E-state index in [1.54, 1.807) is 0 Å². The average Bonchev–Trinajstić information content (AvgIpc) is 3.22. The van der Waals surface area contributed by atoms with E-state index >= 15 is 0 Å². The lowest BCUT2D eigenvalue weighted by atomic mass is 9.49. The van der Waals surface area contributed by atoms with Crippen LogP contribution >= 0.6 is 0 Å². The SMILES string of the molecule is O=C(N1CCN(Cc2nnnn2-c2ccccc2)CC1)C12CC3CC(CC(C3)C1)C2. The summed E-state index contributed by atoms with van der Waals surface area (Å²) in [5.41, 5.74) is 0.960. The Hall–Kier alpha value is -2.28. The van der Waals surface area contributed by atoms with Crippen molar-refractivity contribution in [2.24, 2.45) is 23.2 Å². The average molecular weight is 407 g/mol. The van der Waals surface area contributed by atoms with Crippen molar-refractivity contribution in [3.63, 3.8) is 0 Å². The van der Waals surface area contributed by atoms with Crippen molar-refractivity contribution in [2.75, 3.05) is 26.2 Å². The topological polar surface area (TPSA) is 67.2 Å². The van der Waals surface area contributed by atoms with E-state index in [1.807, 2.05) is 35.0 Å². The molecule has 0 unspecified atom stereocenters. The van der Waals surface area contributed by atoms with Crippen LogP contribution < -0.4 is 0 Å². The molecule has 2 aromatic rings. The fourth-order valence-electron chi connectivity index (χ4n) is 7.09. The van der Waals surface area contributed by atoms with Crippen LogP contribution in [-0.2, 0) is 11.3 Å². The highest BCUT2D eigenvalue weighted by Crippen LogP contribution is 2.60. The smallest absolute Gasteiger partial charge is 0.228 e. The first kappa shape index (κ1) is 18.5. The van der Waals surface area contributed by atoms with Gasteiger partial charge < -0.3 is 4.90 Å². The fraction of sp³-hybridized carbons (Fsp3) is 0.652. The third-order valence-corrected chi connectivity index (χ3v) is 8.05. The molecule has 0 atom stereocenters. The van der Waals surface area contributed by atoms with Gasteiger partial charge >= 0.3 is 0 Å². The molecule has 7 heteroatoms. The number of aromatic nitrogens is 4. The molecular weight excluding hydrogens is 376 g/mol. The molecule has 0 spiro atoms. The van der Waals surface area contributed by atoms with Crippen molar-refractivity contribution in [1.82, 2.24) is 30.0 Å². The minimum atomic E-state index is -0.0195. The van der Waals surface area contributed by atoms with Gasteiger partial charge in [-0.2, -0.15) is 4.68 Å². The van der Waals surface area contributed by atoms with Crippen LogP contribution in [0.25, 0.3) is 5.69 Å². The molecule has 1 aromatic heterocycles. The molecule has 4 saturated carbocycles. The third kappa shape index (κ3) is 3.14. The summed E-state index contributed by atoms with van der Waals surface area (Å²) in [6.07, 6.45) is 7.63. The molecule has 1 saturated heterocycles. The Labute approximate surface area is 177 Å². The van der Waals surface area contributed by atoms with E-state index < -0.39 is 0 Å². The molecule has 7 rings (SSSR count). The van der Waals surface area contributed by atoms with Crippen LogP contribution in [0, 0.1) is 23.2 Å². The molecule has 2 heterocycles. The number of para-hydroxylation sites is 1. The van der Waals surface area contributed by atoms with E-state index in [-0.39, 0.29) is 5.41 Å². The monoisotopic (exact) mass is 406 g/mol. The zero-order chi connectivity index (χ0) is 20.1. The molecule has 5 aliphatic rings. The van der Waals surface area contributed by atoms with Gasteiger partial charge in [0.25, 0.3) is 0 Å². The lowest BCUT2D eigenvalue weighted by Crippen LogP contribution is -2.58. The van der Waals surface area contributed by atoms with Gasteiger partial charge in [-0.15, -0.1) is 5.10 Å². The standard InChI is InChI=1S/C23H30N6O/c30-22(23-13-17-10-18(14-23)12-19(11-17)15-23)28-8-6-27(7-9-28)16-21-24-25-26-29(21)20-4-2-1-3-5-20/h1-5,17-19H,6-16H2. The Balaban J connectivity index is 1.10. The maximum absolute atomic E-state index is 13.6. The zero-order valence-corrected chi connectivity index (χ0v) is 17.5. The maximum atomic E-state index is 13.6. The number of tetrazole rings is 1. The highest BCUT2D eigenvalue weighted by Gasteiger charge is 2.55. The first-order chi connectivity index (χ1) is 14.7. The van der Waals surface area contributed by atoms with Gasteiger partial charge in [-0.25, -0.2) is 0 Å². The first-order valence-corrected chi connectivity index (χ1v) is 11.5. The second kappa shape index (κ2) is 7.15. The number of benzene rings is 1. The van der Waals surface area contributed by atoms with Crippen molar-refractivity contribution in [3.05, 3.63) is 36.2 Å². The minimum absolute atomic E-state index is 0.0195. The molecule has 0 N–H and O–H groups in total. The summed E-state index contributed by atoms with van der Waals surface area (Å²) >= 11 is 0. The normalized spacial score (nSPS) is 33.2. The van der Waals surface area contributed by atoms with Crippen LogP contribution in [0.1, 0.15) is 44.3 Å². The van der Waals surface area contributed by atoms with Gasteiger partial charge in [0.05, 0.1) is 17.6 Å². The number of carbonyl (C=O) groups excluding carboxylic acids is 1. The van der Waals surface area contributed by atoms with Gasteiger partial charge in [0.1, 0.15) is 0 Å². The van der Waals surface area contributed by atoms with E-state index in [0.29, 0.717) is 12.5 Å². The molecule has 4 bridgehead atoms. The van der Waals surface area contributed by atoms with Crippen LogP contribution in [0.5, 0.6) is 0 Å². The summed E-state index contributed by atoms with van der Waals surface area (Å²) in [4.78, 5) is 18.1. The van der Waals surface area contributed by atoms with Crippen LogP contribution in [-0.4, -0.2) is 62.1 Å². The molecule has 1 aliphatic heterocycles. The number of hydrogen-bond donors (Lipinski definition) is 0.